The molecule has 15 atom stereocenters. The molecule has 9 unspecified atom stereocenters. The molecule has 3 aliphatic heterocycles. The summed E-state index contributed by atoms with van der Waals surface area (Å²) in [6.07, 6.45) is 12.0. The first-order chi connectivity index (χ1) is 24.9. The average molecular weight is 739 g/mol. The summed E-state index contributed by atoms with van der Waals surface area (Å²) < 4.78 is 25.0. The molecule has 3 aliphatic carbocycles. The van der Waals surface area contributed by atoms with Gasteiger partial charge in [0.2, 0.25) is 0 Å². The fraction of sp³-hybridized carbons (Fsp3) is 0.975. The molecule has 6 rings (SSSR count). The Hall–Kier alpha value is -0.930. The van der Waals surface area contributed by atoms with E-state index in [-0.39, 0.29) is 48.3 Å². The maximum atomic E-state index is 12.7. The predicted molar refractivity (Wildman–Crippen MR) is 191 cm³/mol. The summed E-state index contributed by atoms with van der Waals surface area (Å²) in [6, 6.07) is 0.256. The Balaban J connectivity index is 1.16. The van der Waals surface area contributed by atoms with Gasteiger partial charge in [0.15, 0.2) is 0 Å². The molecule has 1 spiro atoms. The number of carboxylic acid groups (broad SMARTS) is 1. The molecule has 9 N–H and O–H groups in total. The molecule has 0 amide bonds. The maximum absolute atomic E-state index is 12.7. The molecule has 300 valence electrons. The van der Waals surface area contributed by atoms with Crippen LogP contribution < -0.4 is 21.5 Å². The highest BCUT2D eigenvalue weighted by atomic mass is 16.5. The Morgan fingerprint density at radius 2 is 1.67 bits per heavy atom. The van der Waals surface area contributed by atoms with Gasteiger partial charge in [-0.1, -0.05) is 12.8 Å². The average Bonchev–Trinajstić information content (AvgIpc) is 3.58. The minimum atomic E-state index is -0.981. The van der Waals surface area contributed by atoms with Crippen LogP contribution in [0.5, 0.6) is 0 Å². The van der Waals surface area contributed by atoms with Crippen molar-refractivity contribution in [2.45, 2.75) is 190 Å². The molecule has 0 aromatic heterocycles. The second kappa shape index (κ2) is 17.9. The molecule has 6 fully saturated rings. The van der Waals surface area contributed by atoms with Crippen molar-refractivity contribution in [2.75, 3.05) is 27.4 Å². The van der Waals surface area contributed by atoms with Crippen LogP contribution in [0.1, 0.15) is 122 Å². The van der Waals surface area contributed by atoms with Crippen LogP contribution in [0, 0.1) is 28.6 Å². The van der Waals surface area contributed by atoms with E-state index >= 15 is 0 Å². The van der Waals surface area contributed by atoms with E-state index < -0.39 is 41.9 Å². The highest BCUT2D eigenvalue weighted by Crippen LogP contribution is 2.61. The molecule has 3 heterocycles. The van der Waals surface area contributed by atoms with Crippen LogP contribution in [0.3, 0.4) is 0 Å². The van der Waals surface area contributed by atoms with Gasteiger partial charge in [-0.05, 0) is 120 Å². The number of hydrogen-bond acceptors (Lipinski definition) is 10. The van der Waals surface area contributed by atoms with Gasteiger partial charge in [-0.3, -0.25) is 5.73 Å². The lowest BCUT2D eigenvalue weighted by molar-refractivity contribution is -0.752. The fourth-order valence-electron chi connectivity index (χ4n) is 12.5. The van der Waals surface area contributed by atoms with Crippen LogP contribution in [0.4, 0.5) is 0 Å². The van der Waals surface area contributed by atoms with E-state index in [0.29, 0.717) is 50.2 Å². The first-order valence-corrected chi connectivity index (χ1v) is 20.9. The van der Waals surface area contributed by atoms with Crippen LogP contribution in [0.25, 0.3) is 0 Å². The molecule has 52 heavy (non-hydrogen) atoms. The largest absolute Gasteiger partial charge is 0.550 e. The minimum absolute atomic E-state index is 0.0268. The number of methoxy groups -OCH3 is 2. The summed E-state index contributed by atoms with van der Waals surface area (Å²) in [7, 11) is 3.31. The molecule has 6 aliphatic rings. The maximum Gasteiger partial charge on any atom is 0.137 e. The molecule has 3 saturated heterocycles. The van der Waals surface area contributed by atoms with Crippen molar-refractivity contribution in [2.24, 2.45) is 34.3 Å². The van der Waals surface area contributed by atoms with Crippen molar-refractivity contribution in [1.82, 2.24) is 0 Å². The lowest BCUT2D eigenvalue weighted by atomic mass is 9.50. The zero-order chi connectivity index (χ0) is 37.0. The predicted octanol–water partition coefficient (Wildman–Crippen LogP) is 0.0815. The summed E-state index contributed by atoms with van der Waals surface area (Å²) in [4.78, 5) is 12.7. The first kappa shape index (κ1) is 40.7. The normalized spacial score (nSPS) is 45.6. The van der Waals surface area contributed by atoms with E-state index in [1.807, 2.05) is 0 Å². The molecule has 0 bridgehead atoms. The van der Waals surface area contributed by atoms with Crippen LogP contribution in [-0.4, -0.2) is 116 Å². The smallest absolute Gasteiger partial charge is 0.137 e. The van der Waals surface area contributed by atoms with E-state index in [0.717, 1.165) is 90.0 Å². The summed E-state index contributed by atoms with van der Waals surface area (Å²) in [6.45, 7) is 3.58. The Labute approximate surface area is 311 Å². The Bertz CT molecular complexity index is 1140. The number of ether oxygens (including phenoxy) is 4. The van der Waals surface area contributed by atoms with Gasteiger partial charge in [0, 0.05) is 38.4 Å². The molecule has 3 saturated carbocycles. The van der Waals surface area contributed by atoms with Crippen LogP contribution >= 0.6 is 0 Å². The van der Waals surface area contributed by atoms with E-state index in [1.54, 1.807) is 14.2 Å². The fourth-order valence-corrected chi connectivity index (χ4v) is 12.5. The SMILES string of the molecule is COC1CC(CC[C@H]2C[C@H](O)C[C@H](C3CC(OC)C(O)C(OC[C@H]4[NH2+][C@H](C)CC5(CCCC5)[C@@]4(CC(=O)[O-])CC4CC[NH2+]C(N)C4)C3)O2)CCC1O. The monoisotopic (exact) mass is 739 g/mol. The third-order valence-electron chi connectivity index (χ3n) is 15.0. The Morgan fingerprint density at radius 1 is 0.923 bits per heavy atom. The van der Waals surface area contributed by atoms with Gasteiger partial charge in [0.05, 0.1) is 61.9 Å². The molecule has 12 heteroatoms. The number of aliphatic hydroxyl groups excluding tert-OH is 3. The third kappa shape index (κ3) is 9.19. The Morgan fingerprint density at radius 3 is 2.38 bits per heavy atom. The van der Waals surface area contributed by atoms with Gasteiger partial charge in [-0.25, -0.2) is 0 Å². The number of aliphatic carboxylic acids is 1. The van der Waals surface area contributed by atoms with Gasteiger partial charge >= 0.3 is 0 Å². The molecular formula is C40H72N3O9+. The van der Waals surface area contributed by atoms with E-state index in [4.69, 9.17) is 24.7 Å². The van der Waals surface area contributed by atoms with Crippen LogP contribution in [0.15, 0.2) is 0 Å². The quantitative estimate of drug-likeness (QED) is 0.151. The zero-order valence-electron chi connectivity index (χ0n) is 32.2. The van der Waals surface area contributed by atoms with Crippen molar-refractivity contribution in [3.63, 3.8) is 0 Å². The molecular weight excluding hydrogens is 666 g/mol. The number of carboxylic acids is 1. The van der Waals surface area contributed by atoms with Gasteiger partial charge in [0.1, 0.15) is 18.3 Å². The number of nitrogens with two attached hydrogens (primary N) is 3. The number of rotatable bonds is 13. The van der Waals surface area contributed by atoms with Crippen LogP contribution in [-0.2, 0) is 23.7 Å². The number of carbonyl (C=O) groups excluding carboxylic acids is 1. The lowest BCUT2D eigenvalue weighted by Crippen LogP contribution is -3.02. The number of carbonyl (C=O) groups is 1. The van der Waals surface area contributed by atoms with Crippen molar-refractivity contribution in [3.8, 4) is 0 Å². The van der Waals surface area contributed by atoms with Gasteiger partial charge in [0.25, 0.3) is 0 Å². The van der Waals surface area contributed by atoms with E-state index in [2.05, 4.69) is 17.6 Å². The van der Waals surface area contributed by atoms with Crippen molar-refractivity contribution in [3.05, 3.63) is 0 Å². The lowest BCUT2D eigenvalue weighted by Gasteiger charge is -2.58. The Kier molecular flexibility index (Phi) is 14.0. The third-order valence-corrected chi connectivity index (χ3v) is 15.0. The standard InChI is InChI=1S/C40H71N3O9/c1-24-20-39(11-4-5-12-39)40(22-37(46)47,21-26-10-13-42-36(41)15-26)35(43-24)23-51-34-17-27(16-33(50-3)38(34)48)31-19-28(44)18-29(52-31)8-6-25-7-9-30(45)32(14-25)49-2/h24-36,38,42-45,48H,4-23,41H2,1-3H3,(H,46,47)/p+1/t24-,25?,26?,27?,28+,29+,30?,31-,32?,33?,34?,35-,36?,38?,40-/m1/s1. The van der Waals surface area contributed by atoms with Crippen molar-refractivity contribution >= 4 is 5.97 Å². The topological polar surface area (TPSA) is 197 Å². The van der Waals surface area contributed by atoms with Gasteiger partial charge < -0.3 is 54.8 Å². The van der Waals surface area contributed by atoms with E-state index in [9.17, 15) is 25.2 Å². The summed E-state index contributed by atoms with van der Waals surface area (Å²) in [5, 5.41) is 50.2. The highest BCUT2D eigenvalue weighted by Gasteiger charge is 2.62. The molecule has 0 aromatic carbocycles. The molecule has 0 aromatic rings. The summed E-state index contributed by atoms with van der Waals surface area (Å²) in [5.41, 5.74) is 5.87. The molecule has 0 radical (unpaired) electrons. The second-order valence-corrected chi connectivity index (χ2v) is 18.3. The first-order valence-electron chi connectivity index (χ1n) is 20.9. The van der Waals surface area contributed by atoms with E-state index in [1.165, 1.54) is 0 Å². The van der Waals surface area contributed by atoms with Crippen LogP contribution in [0.2, 0.25) is 0 Å². The number of piperidine rings is 2. The van der Waals surface area contributed by atoms with Crippen molar-refractivity contribution < 1.29 is 54.8 Å². The highest BCUT2D eigenvalue weighted by molar-refractivity contribution is 5.65. The summed E-state index contributed by atoms with van der Waals surface area (Å²) in [5.74, 6) is -0.112. The number of aliphatic hydroxyl groups is 3. The molecule has 12 nitrogen and oxygen atoms in total. The zero-order valence-corrected chi connectivity index (χ0v) is 32.2. The second-order valence-electron chi connectivity index (χ2n) is 18.3. The number of hydrogen-bond donors (Lipinski definition) is 6. The van der Waals surface area contributed by atoms with Gasteiger partial charge in [-0.2, -0.15) is 0 Å². The minimum Gasteiger partial charge on any atom is -0.550 e. The van der Waals surface area contributed by atoms with Crippen molar-refractivity contribution in [1.29, 1.82) is 0 Å². The number of quaternary nitrogens is 2. The van der Waals surface area contributed by atoms with Gasteiger partial charge in [-0.15, -0.1) is 0 Å². The summed E-state index contributed by atoms with van der Waals surface area (Å²) >= 11 is 0.